The standard InChI is InChI=1S/C20H19N3O2S/c1-13(24)15-3-4-16(18(21)9-15)10-22-11-20-23-19(12-26-20)14-5-7-17(25-2)8-6-14/h3-10,12H,11,21H2,1-2H3. The summed E-state index contributed by atoms with van der Waals surface area (Å²) in [7, 11) is 1.65. The van der Waals surface area contributed by atoms with Crippen LogP contribution >= 0.6 is 11.3 Å². The predicted octanol–water partition coefficient (Wildman–Crippen LogP) is 4.22. The lowest BCUT2D eigenvalue weighted by Gasteiger charge is -2.02. The number of nitrogens with zero attached hydrogens (tertiary/aromatic N) is 2. The zero-order valence-corrected chi connectivity index (χ0v) is 15.4. The molecule has 0 fully saturated rings. The van der Waals surface area contributed by atoms with E-state index in [4.69, 9.17) is 10.5 Å². The van der Waals surface area contributed by atoms with Gasteiger partial charge in [-0.25, -0.2) is 4.98 Å². The van der Waals surface area contributed by atoms with Gasteiger partial charge in [-0.2, -0.15) is 0 Å². The van der Waals surface area contributed by atoms with Crippen LogP contribution in [-0.4, -0.2) is 24.1 Å². The van der Waals surface area contributed by atoms with Crippen molar-refractivity contribution in [1.82, 2.24) is 4.98 Å². The molecule has 0 amide bonds. The third-order valence-electron chi connectivity index (χ3n) is 3.89. The van der Waals surface area contributed by atoms with Gasteiger partial charge in [0.2, 0.25) is 0 Å². The van der Waals surface area contributed by atoms with Crippen molar-refractivity contribution in [2.45, 2.75) is 13.5 Å². The number of aliphatic imine (C=N–C) groups is 1. The molecular formula is C20H19N3O2S. The third kappa shape index (κ3) is 4.15. The maximum atomic E-state index is 11.4. The summed E-state index contributed by atoms with van der Waals surface area (Å²) in [6, 6.07) is 13.0. The van der Waals surface area contributed by atoms with E-state index in [1.807, 2.05) is 29.6 Å². The number of methoxy groups -OCH3 is 1. The first kappa shape index (κ1) is 17.8. The molecule has 5 nitrogen and oxygen atoms in total. The summed E-state index contributed by atoms with van der Waals surface area (Å²) in [5, 5.41) is 2.94. The molecule has 26 heavy (non-hydrogen) atoms. The van der Waals surface area contributed by atoms with Crippen LogP contribution in [0.5, 0.6) is 5.75 Å². The minimum atomic E-state index is -0.00552. The van der Waals surface area contributed by atoms with Gasteiger partial charge in [-0.05, 0) is 37.3 Å². The number of aromatic nitrogens is 1. The largest absolute Gasteiger partial charge is 0.497 e. The topological polar surface area (TPSA) is 77.6 Å². The molecule has 0 saturated heterocycles. The quantitative estimate of drug-likeness (QED) is 0.403. The van der Waals surface area contributed by atoms with Crippen molar-refractivity contribution in [3.63, 3.8) is 0 Å². The first-order valence-corrected chi connectivity index (χ1v) is 8.94. The number of thiazole rings is 1. The second-order valence-corrected chi connectivity index (χ2v) is 6.67. The van der Waals surface area contributed by atoms with Crippen LogP contribution in [-0.2, 0) is 6.54 Å². The van der Waals surface area contributed by atoms with Crippen LogP contribution in [0.3, 0.4) is 0 Å². The molecule has 0 bridgehead atoms. The Hall–Kier alpha value is -2.99. The molecule has 2 N–H and O–H groups in total. The van der Waals surface area contributed by atoms with Gasteiger partial charge in [0, 0.05) is 34.0 Å². The SMILES string of the molecule is COc1ccc(-c2csc(CN=Cc3ccc(C(C)=O)cc3N)n2)cc1. The van der Waals surface area contributed by atoms with E-state index in [1.54, 1.807) is 42.9 Å². The lowest BCUT2D eigenvalue weighted by Crippen LogP contribution is -1.98. The zero-order valence-electron chi connectivity index (χ0n) is 14.6. The zero-order chi connectivity index (χ0) is 18.5. The number of hydrogen-bond acceptors (Lipinski definition) is 6. The van der Waals surface area contributed by atoms with Crippen molar-refractivity contribution in [1.29, 1.82) is 0 Å². The molecule has 0 aliphatic heterocycles. The monoisotopic (exact) mass is 365 g/mol. The number of nitrogen functional groups attached to an aromatic ring is 1. The molecule has 2 aromatic carbocycles. The van der Waals surface area contributed by atoms with Crippen LogP contribution in [0.25, 0.3) is 11.3 Å². The normalized spacial score (nSPS) is 11.0. The highest BCUT2D eigenvalue weighted by Crippen LogP contribution is 2.24. The molecule has 0 radical (unpaired) electrons. The maximum absolute atomic E-state index is 11.4. The van der Waals surface area contributed by atoms with Crippen LogP contribution in [0.15, 0.2) is 52.8 Å². The smallest absolute Gasteiger partial charge is 0.159 e. The number of benzene rings is 2. The molecule has 0 unspecified atom stereocenters. The van der Waals surface area contributed by atoms with Crippen molar-refractivity contribution in [3.05, 3.63) is 64.0 Å². The van der Waals surface area contributed by atoms with E-state index >= 15 is 0 Å². The number of rotatable bonds is 6. The summed E-state index contributed by atoms with van der Waals surface area (Å²) in [6.07, 6.45) is 1.72. The second-order valence-electron chi connectivity index (χ2n) is 5.72. The van der Waals surface area contributed by atoms with Crippen molar-refractivity contribution in [2.75, 3.05) is 12.8 Å². The highest BCUT2D eigenvalue weighted by Gasteiger charge is 2.05. The van der Waals surface area contributed by atoms with E-state index in [0.717, 1.165) is 27.6 Å². The van der Waals surface area contributed by atoms with E-state index in [1.165, 1.54) is 6.92 Å². The lowest BCUT2D eigenvalue weighted by molar-refractivity contribution is 0.101. The number of carbonyl (C=O) groups is 1. The van der Waals surface area contributed by atoms with E-state index in [2.05, 4.69) is 9.98 Å². The van der Waals surface area contributed by atoms with Crippen LogP contribution in [0.2, 0.25) is 0 Å². The van der Waals surface area contributed by atoms with Crippen LogP contribution in [0, 0.1) is 0 Å². The van der Waals surface area contributed by atoms with E-state index in [-0.39, 0.29) is 5.78 Å². The van der Waals surface area contributed by atoms with Gasteiger partial charge in [0.25, 0.3) is 0 Å². The van der Waals surface area contributed by atoms with Crippen molar-refractivity contribution >= 4 is 29.0 Å². The summed E-state index contributed by atoms with van der Waals surface area (Å²) < 4.78 is 5.17. The number of nitrogens with two attached hydrogens (primary N) is 1. The Labute approximate surface area is 156 Å². The van der Waals surface area contributed by atoms with Gasteiger partial charge in [0.15, 0.2) is 5.78 Å². The molecule has 1 aromatic heterocycles. The first-order chi connectivity index (χ1) is 12.6. The molecule has 132 valence electrons. The number of Topliss-reactive ketones (excluding diaryl/α,β-unsaturated/α-hetero) is 1. The number of carbonyl (C=O) groups excluding carboxylic acids is 1. The highest BCUT2D eigenvalue weighted by molar-refractivity contribution is 7.09. The van der Waals surface area contributed by atoms with E-state index in [9.17, 15) is 4.79 Å². The first-order valence-electron chi connectivity index (χ1n) is 8.06. The number of ether oxygens (including phenoxy) is 1. The highest BCUT2D eigenvalue weighted by atomic mass is 32.1. The van der Waals surface area contributed by atoms with Gasteiger partial charge in [-0.3, -0.25) is 9.79 Å². The average Bonchev–Trinajstić information content (AvgIpc) is 3.12. The van der Waals surface area contributed by atoms with Crippen LogP contribution < -0.4 is 10.5 Å². The summed E-state index contributed by atoms with van der Waals surface area (Å²) in [6.45, 7) is 2.00. The molecule has 0 saturated carbocycles. The van der Waals surface area contributed by atoms with Gasteiger partial charge < -0.3 is 10.5 Å². The maximum Gasteiger partial charge on any atom is 0.159 e. The molecular weight excluding hydrogens is 346 g/mol. The van der Waals surface area contributed by atoms with Crippen molar-refractivity contribution in [2.24, 2.45) is 4.99 Å². The molecule has 6 heteroatoms. The third-order valence-corrected chi connectivity index (χ3v) is 4.72. The second kappa shape index (κ2) is 7.93. The van der Waals surface area contributed by atoms with E-state index < -0.39 is 0 Å². The van der Waals surface area contributed by atoms with Crippen molar-refractivity contribution in [3.8, 4) is 17.0 Å². The van der Waals surface area contributed by atoms with E-state index in [0.29, 0.717) is 17.8 Å². The van der Waals surface area contributed by atoms with Gasteiger partial charge in [-0.1, -0.05) is 12.1 Å². The summed E-state index contributed by atoms with van der Waals surface area (Å²) in [5.74, 6) is 0.816. The molecule has 0 aliphatic carbocycles. The average molecular weight is 365 g/mol. The van der Waals surface area contributed by atoms with Gasteiger partial charge in [0.1, 0.15) is 10.8 Å². The van der Waals surface area contributed by atoms with Crippen LogP contribution in [0.1, 0.15) is 27.9 Å². The number of anilines is 1. The Balaban J connectivity index is 1.67. The number of ketones is 1. The molecule has 1 heterocycles. The molecule has 0 spiro atoms. The summed E-state index contributed by atoms with van der Waals surface area (Å²) in [4.78, 5) is 20.4. The summed E-state index contributed by atoms with van der Waals surface area (Å²) >= 11 is 1.57. The Morgan fingerprint density at radius 1 is 1.27 bits per heavy atom. The Kier molecular flexibility index (Phi) is 5.43. The molecule has 0 atom stereocenters. The number of hydrogen-bond donors (Lipinski definition) is 1. The lowest BCUT2D eigenvalue weighted by atomic mass is 10.1. The molecule has 3 rings (SSSR count). The minimum Gasteiger partial charge on any atom is -0.497 e. The Morgan fingerprint density at radius 3 is 2.69 bits per heavy atom. The van der Waals surface area contributed by atoms with Gasteiger partial charge in [-0.15, -0.1) is 11.3 Å². The minimum absolute atomic E-state index is 0.00552. The Bertz CT molecular complexity index is 946. The predicted molar refractivity (Wildman–Crippen MR) is 106 cm³/mol. The fourth-order valence-corrected chi connectivity index (χ4v) is 3.15. The van der Waals surface area contributed by atoms with Gasteiger partial charge >= 0.3 is 0 Å². The summed E-state index contributed by atoms with van der Waals surface area (Å²) in [5.41, 5.74) is 9.88. The molecule has 0 aliphatic rings. The fraction of sp³-hybridized carbons (Fsp3) is 0.150. The Morgan fingerprint density at radius 2 is 2.04 bits per heavy atom. The van der Waals surface area contributed by atoms with Crippen molar-refractivity contribution < 1.29 is 9.53 Å². The van der Waals surface area contributed by atoms with Gasteiger partial charge in [0.05, 0.1) is 19.3 Å². The fourth-order valence-electron chi connectivity index (χ4n) is 2.41. The van der Waals surface area contributed by atoms with Crippen LogP contribution in [0.4, 0.5) is 5.69 Å². The molecule has 3 aromatic rings.